The molecule has 0 saturated carbocycles. The highest BCUT2D eigenvalue weighted by molar-refractivity contribution is 6.08. The predicted molar refractivity (Wildman–Crippen MR) is 124 cm³/mol. The van der Waals surface area contributed by atoms with Crippen LogP contribution in [0.3, 0.4) is 0 Å². The number of unbranched alkanes of at least 4 members (excludes halogenated alkanes) is 17. The van der Waals surface area contributed by atoms with Gasteiger partial charge in [-0.3, -0.25) is 0 Å². The van der Waals surface area contributed by atoms with Gasteiger partial charge in [-0.25, -0.2) is 0 Å². The van der Waals surface area contributed by atoms with Crippen LogP contribution in [0.1, 0.15) is 122 Å². The standard InChI is InChI=1S/C23H52N2Si/c24-20-17-15-13-11-9-7-5-3-1-2-4-6-8-10-12-14-16-18-21-25-22-19-23-26/h25H,1-24H2,26H3. The van der Waals surface area contributed by atoms with E-state index < -0.39 is 0 Å². The Kier molecular flexibility index (Phi) is 25.3. The normalized spacial score (nSPS) is 11.4. The van der Waals surface area contributed by atoms with Gasteiger partial charge in [-0.2, -0.15) is 0 Å². The van der Waals surface area contributed by atoms with E-state index in [0.717, 1.165) is 6.54 Å². The predicted octanol–water partition coefficient (Wildman–Crippen LogP) is 5.73. The second-order valence-electron chi connectivity index (χ2n) is 8.26. The van der Waals surface area contributed by atoms with E-state index in [0.29, 0.717) is 0 Å². The van der Waals surface area contributed by atoms with Crippen LogP contribution in [0.2, 0.25) is 6.04 Å². The number of nitrogens with one attached hydrogen (secondary N) is 1. The number of rotatable bonds is 23. The minimum Gasteiger partial charge on any atom is -0.330 e. The molecule has 0 aliphatic heterocycles. The van der Waals surface area contributed by atoms with Crippen LogP contribution >= 0.6 is 0 Å². The van der Waals surface area contributed by atoms with Gasteiger partial charge in [0.1, 0.15) is 0 Å². The topological polar surface area (TPSA) is 38.0 Å². The lowest BCUT2D eigenvalue weighted by molar-refractivity contribution is 0.521. The Balaban J connectivity index is 2.95. The van der Waals surface area contributed by atoms with Gasteiger partial charge in [-0.1, -0.05) is 109 Å². The van der Waals surface area contributed by atoms with Crippen LogP contribution in [0.25, 0.3) is 0 Å². The van der Waals surface area contributed by atoms with Crippen molar-refractivity contribution in [3.63, 3.8) is 0 Å². The highest BCUT2D eigenvalue weighted by Gasteiger charge is 1.95. The largest absolute Gasteiger partial charge is 0.330 e. The average molecular weight is 385 g/mol. The van der Waals surface area contributed by atoms with E-state index in [1.54, 1.807) is 0 Å². The van der Waals surface area contributed by atoms with Gasteiger partial charge in [0.25, 0.3) is 0 Å². The van der Waals surface area contributed by atoms with Gasteiger partial charge in [-0.05, 0) is 38.9 Å². The lowest BCUT2D eigenvalue weighted by Crippen LogP contribution is -2.16. The maximum Gasteiger partial charge on any atom is 0.00286 e. The van der Waals surface area contributed by atoms with Crippen molar-refractivity contribution < 1.29 is 0 Å². The Morgan fingerprint density at radius 1 is 0.423 bits per heavy atom. The van der Waals surface area contributed by atoms with E-state index in [4.69, 9.17) is 5.73 Å². The molecule has 0 heterocycles. The van der Waals surface area contributed by atoms with Gasteiger partial charge in [0.05, 0.1) is 0 Å². The first-order valence-corrected chi connectivity index (χ1v) is 13.7. The van der Waals surface area contributed by atoms with Crippen molar-refractivity contribution in [2.24, 2.45) is 5.73 Å². The van der Waals surface area contributed by atoms with Gasteiger partial charge in [-0.15, -0.1) is 0 Å². The maximum absolute atomic E-state index is 5.52. The summed E-state index contributed by atoms with van der Waals surface area (Å²) in [5, 5.41) is 3.56. The van der Waals surface area contributed by atoms with E-state index in [1.807, 2.05) is 0 Å². The molecule has 0 radical (unpaired) electrons. The summed E-state index contributed by atoms with van der Waals surface area (Å²) in [6.45, 7) is 3.37. The molecule has 0 aromatic carbocycles. The SMILES string of the molecule is NCCCCCCCCCCCCCCCCCCCCNCCC[SiH3]. The Morgan fingerprint density at radius 2 is 0.731 bits per heavy atom. The third-order valence-electron chi connectivity index (χ3n) is 5.51. The molecule has 0 aliphatic carbocycles. The fourth-order valence-corrected chi connectivity index (χ4v) is 4.00. The molecule has 0 saturated heterocycles. The molecule has 0 bridgehead atoms. The van der Waals surface area contributed by atoms with Crippen LogP contribution in [-0.2, 0) is 0 Å². The molecular weight excluding hydrogens is 332 g/mol. The lowest BCUT2D eigenvalue weighted by atomic mass is 10.0. The average Bonchev–Trinajstić information content (AvgIpc) is 2.66. The number of hydrogen-bond donors (Lipinski definition) is 2. The van der Waals surface area contributed by atoms with E-state index in [1.165, 1.54) is 151 Å². The van der Waals surface area contributed by atoms with Crippen molar-refractivity contribution in [3.8, 4) is 0 Å². The van der Waals surface area contributed by atoms with Gasteiger partial charge >= 0.3 is 0 Å². The number of hydrogen-bond acceptors (Lipinski definition) is 2. The van der Waals surface area contributed by atoms with Crippen LogP contribution in [-0.4, -0.2) is 29.9 Å². The Morgan fingerprint density at radius 3 is 1.08 bits per heavy atom. The second-order valence-corrected chi connectivity index (χ2v) is 9.26. The van der Waals surface area contributed by atoms with E-state index in [9.17, 15) is 0 Å². The van der Waals surface area contributed by atoms with Crippen molar-refractivity contribution in [1.82, 2.24) is 5.32 Å². The zero-order valence-electron chi connectivity index (χ0n) is 18.3. The zero-order chi connectivity index (χ0) is 19.0. The molecule has 0 aromatic heterocycles. The molecule has 0 unspecified atom stereocenters. The summed E-state index contributed by atoms with van der Waals surface area (Å²) < 4.78 is 0. The molecule has 26 heavy (non-hydrogen) atoms. The first-order valence-electron chi connectivity index (χ1n) is 12.3. The Labute approximate surface area is 169 Å². The summed E-state index contributed by atoms with van der Waals surface area (Å²) in [6.07, 6.45) is 27.2. The molecule has 0 spiro atoms. The minimum absolute atomic E-state index is 0.873. The summed E-state index contributed by atoms with van der Waals surface area (Å²) in [5.74, 6) is 0. The van der Waals surface area contributed by atoms with Crippen LogP contribution in [0.4, 0.5) is 0 Å². The van der Waals surface area contributed by atoms with Crippen LogP contribution in [0, 0.1) is 0 Å². The van der Waals surface area contributed by atoms with Crippen LogP contribution < -0.4 is 11.1 Å². The van der Waals surface area contributed by atoms with Crippen molar-refractivity contribution in [3.05, 3.63) is 0 Å². The Hall–Kier alpha value is 0.137. The first kappa shape index (κ1) is 26.1. The molecule has 158 valence electrons. The van der Waals surface area contributed by atoms with E-state index in [2.05, 4.69) is 5.32 Å². The van der Waals surface area contributed by atoms with Gasteiger partial charge < -0.3 is 11.1 Å². The molecule has 0 fully saturated rings. The summed E-state index contributed by atoms with van der Waals surface area (Å²) in [5.41, 5.74) is 5.52. The molecule has 0 atom stereocenters. The zero-order valence-corrected chi connectivity index (χ0v) is 20.3. The lowest BCUT2D eigenvalue weighted by Gasteiger charge is -2.05. The third kappa shape index (κ3) is 24.1. The quantitative estimate of drug-likeness (QED) is 0.174. The molecule has 0 aromatic rings. The summed E-state index contributed by atoms with van der Waals surface area (Å²) in [7, 11) is 1.37. The van der Waals surface area contributed by atoms with E-state index >= 15 is 0 Å². The molecule has 2 nitrogen and oxygen atoms in total. The molecule has 0 rings (SSSR count). The fraction of sp³-hybridized carbons (Fsp3) is 1.00. The minimum atomic E-state index is 0.873. The second kappa shape index (κ2) is 25.1. The van der Waals surface area contributed by atoms with Gasteiger partial charge in [0, 0.05) is 10.2 Å². The van der Waals surface area contributed by atoms with Crippen molar-refractivity contribution in [2.45, 2.75) is 128 Å². The summed E-state index contributed by atoms with van der Waals surface area (Å²) in [4.78, 5) is 0. The van der Waals surface area contributed by atoms with Crippen molar-refractivity contribution in [1.29, 1.82) is 0 Å². The monoisotopic (exact) mass is 384 g/mol. The first-order chi connectivity index (χ1) is 12.9. The van der Waals surface area contributed by atoms with Gasteiger partial charge in [0.15, 0.2) is 0 Å². The highest BCUT2D eigenvalue weighted by Crippen LogP contribution is 2.14. The van der Waals surface area contributed by atoms with Crippen LogP contribution in [0.5, 0.6) is 0 Å². The fourth-order valence-electron chi connectivity index (χ4n) is 3.65. The summed E-state index contributed by atoms with van der Waals surface area (Å²) >= 11 is 0. The molecule has 0 amide bonds. The highest BCUT2D eigenvalue weighted by atomic mass is 28.1. The number of nitrogens with two attached hydrogens (primary N) is 1. The smallest absolute Gasteiger partial charge is 0.00286 e. The van der Waals surface area contributed by atoms with E-state index in [-0.39, 0.29) is 0 Å². The maximum atomic E-state index is 5.52. The molecular formula is C23H52N2Si. The van der Waals surface area contributed by atoms with Gasteiger partial charge in [0.2, 0.25) is 0 Å². The Bertz CT molecular complexity index is 212. The summed E-state index contributed by atoms with van der Waals surface area (Å²) in [6, 6.07) is 1.45. The van der Waals surface area contributed by atoms with Crippen molar-refractivity contribution in [2.75, 3.05) is 19.6 Å². The molecule has 3 N–H and O–H groups in total. The van der Waals surface area contributed by atoms with Crippen LogP contribution in [0.15, 0.2) is 0 Å². The molecule has 0 aliphatic rings. The molecule has 3 heteroatoms. The third-order valence-corrected chi connectivity index (χ3v) is 6.22. The van der Waals surface area contributed by atoms with Crippen molar-refractivity contribution >= 4 is 10.2 Å².